The second-order valence-corrected chi connectivity index (χ2v) is 5.15. The van der Waals surface area contributed by atoms with Crippen LogP contribution in [0.2, 0.25) is 0 Å². The topological polar surface area (TPSA) is 76.7 Å². The first-order chi connectivity index (χ1) is 10.0. The maximum absolute atomic E-state index is 13.2. The average Bonchev–Trinajstić information content (AvgIpc) is 3.04. The van der Waals surface area contributed by atoms with Gasteiger partial charge in [0.15, 0.2) is 0 Å². The van der Waals surface area contributed by atoms with Crippen molar-refractivity contribution in [2.24, 2.45) is 11.7 Å². The number of amides is 1. The van der Waals surface area contributed by atoms with E-state index in [0.717, 1.165) is 22.0 Å². The highest BCUT2D eigenvalue weighted by Gasteiger charge is 2.12. The molecule has 2 heterocycles. The number of aromatic amines is 1. The standard InChI is InChI=1S/C15H15FN4O.2CH4/c1-9(15(17)21)7-20-8-10(5-19-20)13-6-18-14-4-11(16)2-3-12(13)14;;/h2-6,8-9,18H,7H2,1H3,(H2,17,21);2*1H4. The summed E-state index contributed by atoms with van der Waals surface area (Å²) in [6.07, 6.45) is 5.40. The van der Waals surface area contributed by atoms with Gasteiger partial charge in [0.05, 0.1) is 18.7 Å². The molecular weight excluding hydrogens is 295 g/mol. The van der Waals surface area contributed by atoms with Crippen molar-refractivity contribution < 1.29 is 9.18 Å². The van der Waals surface area contributed by atoms with Crippen LogP contribution >= 0.6 is 0 Å². The van der Waals surface area contributed by atoms with E-state index in [2.05, 4.69) is 10.1 Å². The molecule has 124 valence electrons. The van der Waals surface area contributed by atoms with Gasteiger partial charge >= 0.3 is 0 Å². The van der Waals surface area contributed by atoms with Crippen molar-refractivity contribution in [1.29, 1.82) is 0 Å². The number of nitrogens with one attached hydrogen (secondary N) is 1. The van der Waals surface area contributed by atoms with Gasteiger partial charge in [0.25, 0.3) is 0 Å². The second kappa shape index (κ2) is 7.09. The highest BCUT2D eigenvalue weighted by molar-refractivity contribution is 5.95. The Kier molecular flexibility index (Phi) is 5.68. The summed E-state index contributed by atoms with van der Waals surface area (Å²) >= 11 is 0. The van der Waals surface area contributed by atoms with Gasteiger partial charge in [0.1, 0.15) is 5.82 Å². The number of rotatable bonds is 4. The lowest BCUT2D eigenvalue weighted by molar-refractivity contribution is -0.121. The molecule has 0 aliphatic carbocycles. The van der Waals surface area contributed by atoms with Gasteiger partial charge in [-0.15, -0.1) is 0 Å². The van der Waals surface area contributed by atoms with Crippen LogP contribution < -0.4 is 5.73 Å². The molecule has 2 aromatic heterocycles. The van der Waals surface area contributed by atoms with E-state index in [-0.39, 0.29) is 32.5 Å². The minimum Gasteiger partial charge on any atom is -0.369 e. The molecule has 0 radical (unpaired) electrons. The van der Waals surface area contributed by atoms with Gasteiger partial charge in [-0.3, -0.25) is 9.48 Å². The van der Waals surface area contributed by atoms with Crippen LogP contribution in [0, 0.1) is 11.7 Å². The number of aromatic nitrogens is 3. The molecule has 23 heavy (non-hydrogen) atoms. The normalized spacial score (nSPS) is 11.6. The van der Waals surface area contributed by atoms with Crippen molar-refractivity contribution in [2.45, 2.75) is 28.3 Å². The molecule has 0 aliphatic rings. The number of nitrogens with zero attached hydrogens (tertiary/aromatic N) is 2. The number of fused-ring (bicyclic) bond motifs is 1. The van der Waals surface area contributed by atoms with Gasteiger partial charge < -0.3 is 10.7 Å². The fourth-order valence-electron chi connectivity index (χ4n) is 2.31. The number of benzene rings is 1. The highest BCUT2D eigenvalue weighted by atomic mass is 19.1. The Bertz CT molecular complexity index is 806. The summed E-state index contributed by atoms with van der Waals surface area (Å²) < 4.78 is 14.9. The predicted octanol–water partition coefficient (Wildman–Crippen LogP) is 3.56. The van der Waals surface area contributed by atoms with E-state index < -0.39 is 0 Å². The number of carbonyl (C=O) groups is 1. The van der Waals surface area contributed by atoms with Crippen LogP contribution in [0.5, 0.6) is 0 Å². The summed E-state index contributed by atoms with van der Waals surface area (Å²) in [6.45, 7) is 2.20. The van der Waals surface area contributed by atoms with Crippen LogP contribution in [0.25, 0.3) is 22.0 Å². The zero-order valence-corrected chi connectivity index (χ0v) is 11.5. The molecule has 0 bridgehead atoms. The predicted molar refractivity (Wildman–Crippen MR) is 91.3 cm³/mol. The van der Waals surface area contributed by atoms with Gasteiger partial charge in [-0.25, -0.2) is 4.39 Å². The SMILES string of the molecule is C.C.CC(Cn1cc(-c2c[nH]c3cc(F)ccc23)cn1)C(N)=O. The third kappa shape index (κ3) is 3.59. The maximum Gasteiger partial charge on any atom is 0.222 e. The molecule has 3 aromatic rings. The summed E-state index contributed by atoms with van der Waals surface area (Å²) in [6, 6.07) is 4.62. The fourth-order valence-corrected chi connectivity index (χ4v) is 2.31. The van der Waals surface area contributed by atoms with E-state index in [1.807, 2.05) is 12.4 Å². The van der Waals surface area contributed by atoms with Crippen LogP contribution in [-0.2, 0) is 11.3 Å². The van der Waals surface area contributed by atoms with Crippen molar-refractivity contribution in [1.82, 2.24) is 14.8 Å². The first kappa shape index (κ1) is 18.4. The summed E-state index contributed by atoms with van der Waals surface area (Å²) in [7, 11) is 0. The van der Waals surface area contributed by atoms with Crippen LogP contribution in [0.3, 0.4) is 0 Å². The van der Waals surface area contributed by atoms with Crippen LogP contribution in [0.15, 0.2) is 36.8 Å². The molecule has 1 aromatic carbocycles. The molecule has 6 heteroatoms. The Labute approximate surface area is 135 Å². The summed E-state index contributed by atoms with van der Waals surface area (Å²) in [5, 5.41) is 5.17. The summed E-state index contributed by atoms with van der Waals surface area (Å²) in [5.74, 6) is -0.911. The number of halogens is 1. The van der Waals surface area contributed by atoms with Gasteiger partial charge in [-0.05, 0) is 18.2 Å². The van der Waals surface area contributed by atoms with E-state index in [9.17, 15) is 9.18 Å². The number of H-pyrrole nitrogens is 1. The molecule has 0 aliphatic heterocycles. The number of hydrogen-bond acceptors (Lipinski definition) is 2. The van der Waals surface area contributed by atoms with Crippen LogP contribution in [0.4, 0.5) is 4.39 Å². The molecule has 0 saturated carbocycles. The molecule has 1 amide bonds. The molecular formula is C17H23FN4O. The molecule has 3 N–H and O–H groups in total. The van der Waals surface area contributed by atoms with Crippen molar-refractivity contribution in [2.75, 3.05) is 0 Å². The quantitative estimate of drug-likeness (QED) is 0.771. The zero-order valence-electron chi connectivity index (χ0n) is 11.5. The largest absolute Gasteiger partial charge is 0.369 e. The lowest BCUT2D eigenvalue weighted by Crippen LogP contribution is -2.24. The van der Waals surface area contributed by atoms with E-state index in [1.165, 1.54) is 12.1 Å². The van der Waals surface area contributed by atoms with E-state index in [4.69, 9.17) is 5.73 Å². The van der Waals surface area contributed by atoms with Crippen molar-refractivity contribution in [3.63, 3.8) is 0 Å². The van der Waals surface area contributed by atoms with Crippen molar-refractivity contribution in [3.8, 4) is 11.1 Å². The summed E-state index contributed by atoms with van der Waals surface area (Å²) in [5.41, 5.74) is 7.85. The fraction of sp³-hybridized carbons (Fsp3) is 0.294. The first-order valence-electron chi connectivity index (χ1n) is 6.63. The van der Waals surface area contributed by atoms with E-state index in [0.29, 0.717) is 6.54 Å². The number of carbonyl (C=O) groups excluding carboxylic acids is 1. The Morgan fingerprint density at radius 3 is 2.87 bits per heavy atom. The molecule has 3 rings (SSSR count). The zero-order chi connectivity index (χ0) is 15.0. The van der Waals surface area contributed by atoms with Crippen molar-refractivity contribution >= 4 is 16.8 Å². The molecule has 5 nitrogen and oxygen atoms in total. The Balaban J connectivity index is 0.00000132. The van der Waals surface area contributed by atoms with E-state index in [1.54, 1.807) is 23.9 Å². The summed E-state index contributed by atoms with van der Waals surface area (Å²) in [4.78, 5) is 14.1. The highest BCUT2D eigenvalue weighted by Crippen LogP contribution is 2.28. The molecule has 1 unspecified atom stereocenters. The molecule has 1 atom stereocenters. The Morgan fingerprint density at radius 2 is 2.17 bits per heavy atom. The van der Waals surface area contributed by atoms with Crippen molar-refractivity contribution in [3.05, 3.63) is 42.6 Å². The molecule has 0 spiro atoms. The van der Waals surface area contributed by atoms with Gasteiger partial charge in [-0.1, -0.05) is 21.8 Å². The third-order valence-corrected chi connectivity index (χ3v) is 3.53. The van der Waals surface area contributed by atoms with Gasteiger partial charge in [-0.2, -0.15) is 5.10 Å². The minimum absolute atomic E-state index is 0. The lowest BCUT2D eigenvalue weighted by atomic mass is 10.1. The van der Waals surface area contributed by atoms with Gasteiger partial charge in [0.2, 0.25) is 5.91 Å². The Hall–Kier alpha value is -2.63. The number of nitrogens with two attached hydrogens (primary N) is 1. The number of primary amides is 1. The van der Waals surface area contributed by atoms with Gasteiger partial charge in [0, 0.05) is 34.4 Å². The van der Waals surface area contributed by atoms with Crippen LogP contribution in [-0.4, -0.2) is 20.7 Å². The third-order valence-electron chi connectivity index (χ3n) is 3.53. The molecule has 0 saturated heterocycles. The monoisotopic (exact) mass is 318 g/mol. The maximum atomic E-state index is 13.2. The van der Waals surface area contributed by atoms with Crippen LogP contribution in [0.1, 0.15) is 21.8 Å². The molecule has 0 fully saturated rings. The lowest BCUT2D eigenvalue weighted by Gasteiger charge is -2.06. The first-order valence-corrected chi connectivity index (χ1v) is 6.63. The average molecular weight is 318 g/mol. The number of hydrogen-bond donors (Lipinski definition) is 2. The Morgan fingerprint density at radius 1 is 1.43 bits per heavy atom. The minimum atomic E-state index is -0.352. The smallest absolute Gasteiger partial charge is 0.222 e. The van der Waals surface area contributed by atoms with E-state index >= 15 is 0 Å². The second-order valence-electron chi connectivity index (χ2n) is 5.15.